The van der Waals surface area contributed by atoms with E-state index in [1.54, 1.807) is 6.92 Å². The van der Waals surface area contributed by atoms with E-state index in [2.05, 4.69) is 25.7 Å². The van der Waals surface area contributed by atoms with Crippen molar-refractivity contribution in [2.24, 2.45) is 5.84 Å². The van der Waals surface area contributed by atoms with Gasteiger partial charge in [-0.3, -0.25) is 5.43 Å². The number of rotatable bonds is 5. The van der Waals surface area contributed by atoms with Gasteiger partial charge in [0.05, 0.1) is 16.7 Å². The number of nitrogens with two attached hydrogens (primary N) is 1. The van der Waals surface area contributed by atoms with Crippen molar-refractivity contribution in [3.8, 4) is 6.01 Å². The highest BCUT2D eigenvalue weighted by Gasteiger charge is 2.11. The lowest BCUT2D eigenvalue weighted by Crippen LogP contribution is -2.13. The van der Waals surface area contributed by atoms with Gasteiger partial charge in [0, 0.05) is 5.69 Å². The third kappa shape index (κ3) is 3.81. The first-order valence-electron chi connectivity index (χ1n) is 5.80. The Kier molecular flexibility index (Phi) is 4.94. The Labute approximate surface area is 129 Å². The molecule has 0 aliphatic rings. The lowest BCUT2D eigenvalue weighted by molar-refractivity contribution is 0.312. The van der Waals surface area contributed by atoms with Crippen molar-refractivity contribution < 1.29 is 9.13 Å². The van der Waals surface area contributed by atoms with Crippen molar-refractivity contribution in [2.45, 2.75) is 6.92 Å². The van der Waals surface area contributed by atoms with Crippen LogP contribution in [0, 0.1) is 5.82 Å². The van der Waals surface area contributed by atoms with Crippen LogP contribution in [0.2, 0.25) is 10.0 Å². The highest BCUT2D eigenvalue weighted by molar-refractivity contribution is 6.35. The molecule has 1 aromatic heterocycles. The van der Waals surface area contributed by atoms with Crippen LogP contribution in [0.25, 0.3) is 0 Å². The lowest BCUT2D eigenvalue weighted by Gasteiger charge is -2.09. The fourth-order valence-corrected chi connectivity index (χ4v) is 1.91. The zero-order valence-corrected chi connectivity index (χ0v) is 12.3. The second kappa shape index (κ2) is 6.70. The van der Waals surface area contributed by atoms with Crippen LogP contribution in [-0.2, 0) is 0 Å². The molecule has 0 amide bonds. The molecule has 1 heterocycles. The number of hydrazine groups is 1. The van der Waals surface area contributed by atoms with Crippen LogP contribution >= 0.6 is 23.2 Å². The molecule has 7 nitrogen and oxygen atoms in total. The summed E-state index contributed by atoms with van der Waals surface area (Å²) < 4.78 is 18.5. The van der Waals surface area contributed by atoms with Crippen LogP contribution in [0.1, 0.15) is 6.92 Å². The molecular formula is C11H11Cl2FN6O. The predicted molar refractivity (Wildman–Crippen MR) is 78.5 cm³/mol. The zero-order chi connectivity index (χ0) is 15.4. The van der Waals surface area contributed by atoms with Crippen molar-refractivity contribution in [1.82, 2.24) is 15.0 Å². The first-order chi connectivity index (χ1) is 10.0. The van der Waals surface area contributed by atoms with Gasteiger partial charge in [-0.25, -0.2) is 10.2 Å². The Morgan fingerprint density at radius 1 is 1.19 bits per heavy atom. The third-order valence-corrected chi connectivity index (χ3v) is 2.81. The van der Waals surface area contributed by atoms with E-state index >= 15 is 0 Å². The van der Waals surface area contributed by atoms with Gasteiger partial charge in [-0.15, -0.1) is 0 Å². The maximum atomic E-state index is 13.4. The molecule has 0 aliphatic carbocycles. The largest absolute Gasteiger partial charge is 0.464 e. The van der Waals surface area contributed by atoms with Crippen LogP contribution in [0.4, 0.5) is 22.0 Å². The first-order valence-corrected chi connectivity index (χ1v) is 6.56. The van der Waals surface area contributed by atoms with Crippen LogP contribution in [0.15, 0.2) is 12.1 Å². The zero-order valence-electron chi connectivity index (χ0n) is 10.8. The molecule has 0 atom stereocenters. The molecule has 0 aliphatic heterocycles. The minimum absolute atomic E-state index is 0.0854. The van der Waals surface area contributed by atoms with E-state index in [1.807, 2.05) is 0 Å². The summed E-state index contributed by atoms with van der Waals surface area (Å²) >= 11 is 11.4. The SMILES string of the molecule is CCOc1nc(NN)nc(Nc2cc(Cl)c(F)c(Cl)c2)n1. The maximum Gasteiger partial charge on any atom is 0.323 e. The lowest BCUT2D eigenvalue weighted by atomic mass is 10.3. The predicted octanol–water partition coefficient (Wildman–Crippen LogP) is 2.75. The van der Waals surface area contributed by atoms with Crippen molar-refractivity contribution in [2.75, 3.05) is 17.3 Å². The van der Waals surface area contributed by atoms with E-state index in [-0.39, 0.29) is 28.0 Å². The normalized spacial score (nSPS) is 10.3. The van der Waals surface area contributed by atoms with Gasteiger partial charge < -0.3 is 10.1 Å². The molecule has 1 aromatic carbocycles. The fraction of sp³-hybridized carbons (Fsp3) is 0.182. The Bertz CT molecular complexity index is 634. The minimum atomic E-state index is -0.696. The smallest absolute Gasteiger partial charge is 0.323 e. The average molecular weight is 333 g/mol. The topological polar surface area (TPSA) is 98.0 Å². The Hall–Kier alpha value is -1.90. The highest BCUT2D eigenvalue weighted by Crippen LogP contribution is 2.28. The summed E-state index contributed by atoms with van der Waals surface area (Å²) in [5.41, 5.74) is 2.70. The van der Waals surface area contributed by atoms with Gasteiger partial charge in [0.15, 0.2) is 5.82 Å². The molecule has 2 aromatic rings. The molecule has 2 rings (SSSR count). The Morgan fingerprint density at radius 2 is 1.81 bits per heavy atom. The van der Waals surface area contributed by atoms with Crippen LogP contribution in [-0.4, -0.2) is 21.6 Å². The summed E-state index contributed by atoms with van der Waals surface area (Å²) in [6.45, 7) is 2.16. The Morgan fingerprint density at radius 3 is 2.38 bits per heavy atom. The van der Waals surface area contributed by atoms with Crippen LogP contribution < -0.4 is 21.3 Å². The molecule has 21 heavy (non-hydrogen) atoms. The maximum absolute atomic E-state index is 13.4. The number of hydrogen-bond acceptors (Lipinski definition) is 7. The van der Waals surface area contributed by atoms with Gasteiger partial charge in [0.2, 0.25) is 11.9 Å². The van der Waals surface area contributed by atoms with Gasteiger partial charge in [-0.05, 0) is 19.1 Å². The number of halogens is 3. The number of nitrogen functional groups attached to an aromatic ring is 1. The highest BCUT2D eigenvalue weighted by atomic mass is 35.5. The van der Waals surface area contributed by atoms with Crippen molar-refractivity contribution in [3.05, 3.63) is 28.0 Å². The number of benzene rings is 1. The number of aromatic nitrogens is 3. The summed E-state index contributed by atoms with van der Waals surface area (Å²) in [4.78, 5) is 11.9. The molecule has 112 valence electrons. The van der Waals surface area contributed by atoms with E-state index in [0.29, 0.717) is 12.3 Å². The number of nitrogens with one attached hydrogen (secondary N) is 2. The van der Waals surface area contributed by atoms with E-state index < -0.39 is 5.82 Å². The van der Waals surface area contributed by atoms with Gasteiger partial charge in [-0.2, -0.15) is 15.0 Å². The van der Waals surface area contributed by atoms with Gasteiger partial charge in [0.25, 0.3) is 0 Å². The van der Waals surface area contributed by atoms with Gasteiger partial charge in [-0.1, -0.05) is 23.2 Å². The fourth-order valence-electron chi connectivity index (χ4n) is 1.43. The number of anilines is 3. The molecule has 10 heteroatoms. The first kappa shape index (κ1) is 15.5. The van der Waals surface area contributed by atoms with Gasteiger partial charge >= 0.3 is 6.01 Å². The summed E-state index contributed by atoms with van der Waals surface area (Å²) in [7, 11) is 0. The number of hydrogen-bond donors (Lipinski definition) is 3. The van der Waals surface area contributed by atoms with Crippen LogP contribution in [0.3, 0.4) is 0 Å². The standard InChI is InChI=1S/C11H11Cl2FN6O/c1-2-21-11-18-9(17-10(19-11)20-15)16-5-3-6(12)8(14)7(13)4-5/h3-4H,2,15H2,1H3,(H2,16,17,18,19,20). The van der Waals surface area contributed by atoms with E-state index in [1.165, 1.54) is 12.1 Å². The average Bonchev–Trinajstić information content (AvgIpc) is 2.44. The second-order valence-corrected chi connectivity index (χ2v) is 4.54. The van der Waals surface area contributed by atoms with Gasteiger partial charge in [0.1, 0.15) is 0 Å². The van der Waals surface area contributed by atoms with E-state index in [4.69, 9.17) is 33.8 Å². The monoisotopic (exact) mass is 332 g/mol. The molecule has 0 radical (unpaired) electrons. The van der Waals surface area contributed by atoms with Crippen molar-refractivity contribution in [3.63, 3.8) is 0 Å². The molecule has 0 saturated heterocycles. The third-order valence-electron chi connectivity index (χ3n) is 2.26. The summed E-state index contributed by atoms with van der Waals surface area (Å²) in [6.07, 6.45) is 0. The van der Waals surface area contributed by atoms with Crippen molar-refractivity contribution in [1.29, 1.82) is 0 Å². The molecular weight excluding hydrogens is 322 g/mol. The summed E-state index contributed by atoms with van der Waals surface area (Å²) in [6, 6.07) is 2.78. The molecule has 0 bridgehead atoms. The Balaban J connectivity index is 2.32. The quantitative estimate of drug-likeness (QED) is 0.440. The summed E-state index contributed by atoms with van der Waals surface area (Å²) in [5.74, 6) is 4.82. The summed E-state index contributed by atoms with van der Waals surface area (Å²) in [5, 5.41) is 2.57. The molecule has 4 N–H and O–H groups in total. The molecule has 0 spiro atoms. The number of ether oxygens (including phenoxy) is 1. The second-order valence-electron chi connectivity index (χ2n) is 3.72. The number of nitrogens with zero attached hydrogens (tertiary/aromatic N) is 3. The molecule has 0 unspecified atom stereocenters. The van der Waals surface area contributed by atoms with Crippen molar-refractivity contribution >= 4 is 40.8 Å². The minimum Gasteiger partial charge on any atom is -0.464 e. The van der Waals surface area contributed by atoms with E-state index in [0.717, 1.165) is 0 Å². The van der Waals surface area contributed by atoms with E-state index in [9.17, 15) is 4.39 Å². The molecule has 0 saturated carbocycles. The van der Waals surface area contributed by atoms with Crippen LogP contribution in [0.5, 0.6) is 6.01 Å². The molecule has 0 fully saturated rings.